The second-order valence-corrected chi connectivity index (χ2v) is 5.58. The average Bonchev–Trinajstić information content (AvgIpc) is 2.38. The fourth-order valence-electron chi connectivity index (χ4n) is 2.79. The van der Waals surface area contributed by atoms with Crippen molar-refractivity contribution in [3.63, 3.8) is 0 Å². The van der Waals surface area contributed by atoms with Crippen LogP contribution in [0.5, 0.6) is 0 Å². The van der Waals surface area contributed by atoms with Crippen LogP contribution >= 0.6 is 0 Å². The van der Waals surface area contributed by atoms with Crippen molar-refractivity contribution >= 4 is 11.9 Å². The first-order valence-electron chi connectivity index (χ1n) is 5.74. The van der Waals surface area contributed by atoms with Gasteiger partial charge in [-0.1, -0.05) is 0 Å². The summed E-state index contributed by atoms with van der Waals surface area (Å²) in [5.74, 6) is -0.153. The lowest BCUT2D eigenvalue weighted by Crippen LogP contribution is -2.63. The molecule has 2 aliphatic rings. The normalized spacial score (nSPS) is 31.1. The quantitative estimate of drug-likeness (QED) is 0.589. The molecule has 2 saturated heterocycles. The lowest BCUT2D eigenvalue weighted by Gasteiger charge is -2.45. The number of piperidine rings is 1. The van der Waals surface area contributed by atoms with E-state index < -0.39 is 5.54 Å². The van der Waals surface area contributed by atoms with E-state index in [2.05, 4.69) is 10.6 Å². The molecule has 1 unspecified atom stereocenters. The molecule has 16 heavy (non-hydrogen) atoms. The molecule has 1 atom stereocenters. The van der Waals surface area contributed by atoms with Crippen molar-refractivity contribution in [2.75, 3.05) is 13.1 Å². The highest BCUT2D eigenvalue weighted by atomic mass is 16.2. The Morgan fingerprint density at radius 2 is 2.00 bits per heavy atom. The van der Waals surface area contributed by atoms with E-state index in [0.717, 1.165) is 19.4 Å². The molecule has 5 nitrogen and oxygen atoms in total. The largest absolute Gasteiger partial charge is 0.325 e. The van der Waals surface area contributed by atoms with E-state index in [1.807, 2.05) is 20.8 Å². The van der Waals surface area contributed by atoms with E-state index in [4.69, 9.17) is 0 Å². The lowest BCUT2D eigenvalue weighted by molar-refractivity contribution is -0.129. The monoisotopic (exact) mass is 225 g/mol. The highest BCUT2D eigenvalue weighted by molar-refractivity contribution is 6.07. The molecule has 2 N–H and O–H groups in total. The first-order chi connectivity index (χ1) is 7.38. The van der Waals surface area contributed by atoms with Gasteiger partial charge in [0, 0.05) is 12.1 Å². The van der Waals surface area contributed by atoms with Crippen LogP contribution in [-0.2, 0) is 4.79 Å². The van der Waals surface area contributed by atoms with E-state index in [1.165, 1.54) is 0 Å². The fraction of sp³-hybridized carbons (Fsp3) is 0.818. The Balaban J connectivity index is 2.39. The molecule has 2 heterocycles. The summed E-state index contributed by atoms with van der Waals surface area (Å²) in [4.78, 5) is 25.6. The van der Waals surface area contributed by atoms with Crippen LogP contribution in [0.25, 0.3) is 0 Å². The second kappa shape index (κ2) is 3.45. The third-order valence-corrected chi connectivity index (χ3v) is 3.31. The fourth-order valence-corrected chi connectivity index (χ4v) is 2.79. The highest BCUT2D eigenvalue weighted by Crippen LogP contribution is 2.34. The number of amides is 3. The van der Waals surface area contributed by atoms with Gasteiger partial charge in [-0.15, -0.1) is 0 Å². The number of carbonyl (C=O) groups is 2. The number of carbonyl (C=O) groups excluding carboxylic acids is 2. The van der Waals surface area contributed by atoms with Gasteiger partial charge in [-0.05, 0) is 40.2 Å². The molecule has 0 aromatic heterocycles. The minimum atomic E-state index is -0.673. The predicted molar refractivity (Wildman–Crippen MR) is 60.0 cm³/mol. The van der Waals surface area contributed by atoms with E-state index in [-0.39, 0.29) is 17.5 Å². The van der Waals surface area contributed by atoms with E-state index in [1.54, 1.807) is 4.90 Å². The summed E-state index contributed by atoms with van der Waals surface area (Å²) >= 11 is 0. The zero-order chi connectivity index (χ0) is 12.0. The van der Waals surface area contributed by atoms with Gasteiger partial charge in [0.1, 0.15) is 5.54 Å². The zero-order valence-electron chi connectivity index (χ0n) is 10.1. The summed E-state index contributed by atoms with van der Waals surface area (Å²) in [6, 6.07) is -0.263. The number of hydrogen-bond donors (Lipinski definition) is 2. The maximum absolute atomic E-state index is 12.0. The summed E-state index contributed by atoms with van der Waals surface area (Å²) in [6.07, 6.45) is 1.67. The molecule has 90 valence electrons. The molecule has 2 rings (SSSR count). The minimum Gasteiger partial charge on any atom is -0.314 e. The predicted octanol–water partition coefficient (Wildman–Crippen LogP) is 0.459. The number of hydrogen-bond acceptors (Lipinski definition) is 3. The Morgan fingerprint density at radius 1 is 1.31 bits per heavy atom. The molecule has 2 aliphatic heterocycles. The van der Waals surface area contributed by atoms with Gasteiger partial charge in [0.15, 0.2) is 0 Å². The van der Waals surface area contributed by atoms with Gasteiger partial charge in [-0.25, -0.2) is 4.79 Å². The average molecular weight is 225 g/mol. The summed E-state index contributed by atoms with van der Waals surface area (Å²) < 4.78 is 0. The van der Waals surface area contributed by atoms with Gasteiger partial charge in [-0.2, -0.15) is 0 Å². The third kappa shape index (κ3) is 1.50. The Morgan fingerprint density at radius 3 is 2.50 bits per heavy atom. The van der Waals surface area contributed by atoms with E-state index in [0.29, 0.717) is 6.54 Å². The highest BCUT2D eigenvalue weighted by Gasteiger charge is 2.56. The van der Waals surface area contributed by atoms with Crippen molar-refractivity contribution in [1.82, 2.24) is 15.5 Å². The summed E-state index contributed by atoms with van der Waals surface area (Å²) in [5.41, 5.74) is -1.01. The maximum atomic E-state index is 12.0. The number of rotatable bonds is 0. The first kappa shape index (κ1) is 11.4. The Hall–Kier alpha value is -1.10. The van der Waals surface area contributed by atoms with Crippen LogP contribution in [0.1, 0.15) is 33.6 Å². The van der Waals surface area contributed by atoms with Gasteiger partial charge >= 0.3 is 6.03 Å². The topological polar surface area (TPSA) is 61.4 Å². The molecule has 0 aromatic carbocycles. The van der Waals surface area contributed by atoms with Crippen LogP contribution in [0.15, 0.2) is 0 Å². The summed E-state index contributed by atoms with van der Waals surface area (Å²) in [7, 11) is 0. The Bertz CT molecular complexity index is 327. The lowest BCUT2D eigenvalue weighted by atomic mass is 9.85. The van der Waals surface area contributed by atoms with Gasteiger partial charge in [0.05, 0.1) is 0 Å². The standard InChI is InChI=1S/C11H19N3O2/c1-10(2,3)14-9(16)13-8(15)11(14)5-4-6-12-7-11/h12H,4-7H2,1-3H3,(H,13,15,16). The SMILES string of the molecule is CC(C)(C)N1C(=O)NC(=O)C12CCCNC2. The van der Waals surface area contributed by atoms with Crippen molar-refractivity contribution in [2.45, 2.75) is 44.7 Å². The summed E-state index contributed by atoms with van der Waals surface area (Å²) in [5, 5.41) is 5.66. The minimum absolute atomic E-state index is 0.153. The number of nitrogens with one attached hydrogen (secondary N) is 2. The number of imide groups is 1. The van der Waals surface area contributed by atoms with Crippen LogP contribution < -0.4 is 10.6 Å². The van der Waals surface area contributed by atoms with Crippen molar-refractivity contribution in [1.29, 1.82) is 0 Å². The Labute approximate surface area is 95.6 Å². The molecular formula is C11H19N3O2. The molecule has 2 fully saturated rings. The van der Waals surface area contributed by atoms with Crippen molar-refractivity contribution in [2.24, 2.45) is 0 Å². The molecule has 0 bridgehead atoms. The van der Waals surface area contributed by atoms with E-state index in [9.17, 15) is 9.59 Å². The molecule has 0 aliphatic carbocycles. The zero-order valence-corrected chi connectivity index (χ0v) is 10.1. The van der Waals surface area contributed by atoms with Gasteiger partial charge in [0.2, 0.25) is 0 Å². The Kier molecular flexibility index (Phi) is 2.45. The van der Waals surface area contributed by atoms with Gasteiger partial charge in [-0.3, -0.25) is 10.1 Å². The van der Waals surface area contributed by atoms with Crippen LogP contribution in [0, 0.1) is 0 Å². The molecule has 0 radical (unpaired) electrons. The smallest absolute Gasteiger partial charge is 0.314 e. The molecule has 3 amide bonds. The molecule has 5 heteroatoms. The molecular weight excluding hydrogens is 206 g/mol. The molecule has 0 saturated carbocycles. The van der Waals surface area contributed by atoms with Gasteiger partial charge < -0.3 is 10.2 Å². The first-order valence-corrected chi connectivity index (χ1v) is 5.74. The van der Waals surface area contributed by atoms with Crippen LogP contribution in [-0.4, -0.2) is 41.0 Å². The van der Waals surface area contributed by atoms with Crippen molar-refractivity contribution in [3.05, 3.63) is 0 Å². The van der Waals surface area contributed by atoms with Crippen LogP contribution in [0.3, 0.4) is 0 Å². The molecule has 0 aromatic rings. The maximum Gasteiger partial charge on any atom is 0.325 e. The van der Waals surface area contributed by atoms with Crippen LogP contribution in [0.2, 0.25) is 0 Å². The van der Waals surface area contributed by atoms with Crippen molar-refractivity contribution in [3.8, 4) is 0 Å². The summed E-state index contributed by atoms with van der Waals surface area (Å²) in [6.45, 7) is 7.35. The van der Waals surface area contributed by atoms with Gasteiger partial charge in [0.25, 0.3) is 5.91 Å². The van der Waals surface area contributed by atoms with Crippen LogP contribution in [0.4, 0.5) is 4.79 Å². The third-order valence-electron chi connectivity index (χ3n) is 3.31. The molecule has 1 spiro atoms. The van der Waals surface area contributed by atoms with E-state index >= 15 is 0 Å². The van der Waals surface area contributed by atoms with Crippen molar-refractivity contribution < 1.29 is 9.59 Å². The second-order valence-electron chi connectivity index (χ2n) is 5.58. The number of urea groups is 1. The number of nitrogens with zero attached hydrogens (tertiary/aromatic N) is 1.